The van der Waals surface area contributed by atoms with Crippen LogP contribution >= 0.6 is 23.2 Å². The molecule has 1 amide bonds. The first-order chi connectivity index (χ1) is 12.5. The van der Waals surface area contributed by atoms with Gasteiger partial charge in [-0.2, -0.15) is 0 Å². The maximum Gasteiger partial charge on any atom is 0.262 e. The Kier molecular flexibility index (Phi) is 5.15. The number of nitrogens with zero attached hydrogens (tertiary/aromatic N) is 1. The summed E-state index contributed by atoms with van der Waals surface area (Å²) in [7, 11) is -7.77. The summed E-state index contributed by atoms with van der Waals surface area (Å²) in [5.41, 5.74) is 0.407. The van der Waals surface area contributed by atoms with Crippen LogP contribution in [-0.4, -0.2) is 28.5 Å². The predicted molar refractivity (Wildman–Crippen MR) is 104 cm³/mol. The number of carbonyl (C=O) groups is 1. The van der Waals surface area contributed by atoms with Crippen LogP contribution in [0, 0.1) is 6.92 Å². The van der Waals surface area contributed by atoms with E-state index in [0.29, 0.717) is 4.31 Å². The number of benzene rings is 2. The highest BCUT2D eigenvalue weighted by Crippen LogP contribution is 2.33. The number of sulfonamides is 2. The summed E-state index contributed by atoms with van der Waals surface area (Å²) in [5, 5.41) is 0.267. The van der Waals surface area contributed by atoms with Crippen LogP contribution in [0.1, 0.15) is 12.0 Å². The molecule has 11 heteroatoms. The molecule has 1 heterocycles. The topological polar surface area (TPSA) is 101 Å². The van der Waals surface area contributed by atoms with E-state index in [9.17, 15) is 21.6 Å². The Balaban J connectivity index is 2.00. The van der Waals surface area contributed by atoms with E-state index in [4.69, 9.17) is 23.2 Å². The number of amides is 1. The van der Waals surface area contributed by atoms with Crippen molar-refractivity contribution in [3.8, 4) is 0 Å². The van der Waals surface area contributed by atoms with Crippen molar-refractivity contribution in [3.63, 3.8) is 0 Å². The van der Waals surface area contributed by atoms with Crippen LogP contribution in [0.4, 0.5) is 11.4 Å². The minimum absolute atomic E-state index is 0.0432. The second kappa shape index (κ2) is 6.97. The molecule has 0 atom stereocenters. The molecule has 1 fully saturated rings. The largest absolute Gasteiger partial charge is 0.277 e. The Labute approximate surface area is 167 Å². The van der Waals surface area contributed by atoms with Gasteiger partial charge in [0.05, 0.1) is 32.1 Å². The van der Waals surface area contributed by atoms with Crippen LogP contribution in [0.3, 0.4) is 0 Å². The molecule has 144 valence electrons. The van der Waals surface area contributed by atoms with Gasteiger partial charge in [-0.15, -0.1) is 0 Å². The number of hydrogen-bond acceptors (Lipinski definition) is 5. The standard InChI is InChI=1S/C16H14Cl2N2O5S2/c1-10-9-11(20-15(21)7-8-26(20,22)23)5-6-14(10)27(24,25)19-16-12(17)3-2-4-13(16)18/h2-6,9,19H,7-8H2,1H3. The fourth-order valence-corrected chi connectivity index (χ4v) is 6.10. The number of anilines is 2. The van der Waals surface area contributed by atoms with Crippen LogP contribution in [0.15, 0.2) is 41.3 Å². The molecular formula is C16H14Cl2N2O5S2. The smallest absolute Gasteiger partial charge is 0.262 e. The second-order valence-electron chi connectivity index (χ2n) is 5.88. The molecule has 1 aliphatic heterocycles. The summed E-state index contributed by atoms with van der Waals surface area (Å²) >= 11 is 12.0. The summed E-state index contributed by atoms with van der Waals surface area (Å²) in [4.78, 5) is 11.8. The van der Waals surface area contributed by atoms with E-state index in [-0.39, 0.29) is 44.1 Å². The lowest BCUT2D eigenvalue weighted by atomic mass is 10.2. The minimum atomic E-state index is -4.04. The minimum Gasteiger partial charge on any atom is -0.277 e. The Morgan fingerprint density at radius 1 is 1.11 bits per heavy atom. The summed E-state index contributed by atoms with van der Waals surface area (Å²) in [6.45, 7) is 1.50. The lowest BCUT2D eigenvalue weighted by molar-refractivity contribution is -0.116. The summed E-state index contributed by atoms with van der Waals surface area (Å²) < 4.78 is 52.5. The van der Waals surface area contributed by atoms with Crippen LogP contribution < -0.4 is 9.03 Å². The number of nitrogens with one attached hydrogen (secondary N) is 1. The van der Waals surface area contributed by atoms with Crippen molar-refractivity contribution in [2.45, 2.75) is 18.2 Å². The van der Waals surface area contributed by atoms with Crippen molar-refractivity contribution in [1.29, 1.82) is 0 Å². The molecule has 0 saturated carbocycles. The van der Waals surface area contributed by atoms with Gasteiger partial charge in [0, 0.05) is 6.42 Å². The van der Waals surface area contributed by atoms with Crippen LogP contribution in [-0.2, 0) is 24.8 Å². The molecule has 0 bridgehead atoms. The van der Waals surface area contributed by atoms with E-state index >= 15 is 0 Å². The van der Waals surface area contributed by atoms with Gasteiger partial charge in [0.25, 0.3) is 10.0 Å². The van der Waals surface area contributed by atoms with Crippen LogP contribution in [0.25, 0.3) is 0 Å². The summed E-state index contributed by atoms with van der Waals surface area (Å²) in [6, 6.07) is 8.41. The van der Waals surface area contributed by atoms with Crippen molar-refractivity contribution in [2.24, 2.45) is 0 Å². The van der Waals surface area contributed by atoms with Gasteiger partial charge in [-0.25, -0.2) is 21.1 Å². The zero-order valence-corrected chi connectivity index (χ0v) is 17.1. The molecule has 0 spiro atoms. The van der Waals surface area contributed by atoms with Gasteiger partial charge in [0.1, 0.15) is 0 Å². The van der Waals surface area contributed by atoms with E-state index in [1.807, 2.05) is 0 Å². The molecule has 3 rings (SSSR count). The number of para-hydroxylation sites is 1. The number of aryl methyl sites for hydroxylation is 1. The summed E-state index contributed by atoms with van der Waals surface area (Å²) in [5.74, 6) is -0.816. The Bertz CT molecular complexity index is 1130. The molecule has 7 nitrogen and oxygen atoms in total. The SMILES string of the molecule is Cc1cc(N2C(=O)CCS2(=O)=O)ccc1S(=O)(=O)Nc1c(Cl)cccc1Cl. The molecule has 0 radical (unpaired) electrons. The van der Waals surface area contributed by atoms with E-state index in [1.54, 1.807) is 6.07 Å². The van der Waals surface area contributed by atoms with Crippen LogP contribution in [0.2, 0.25) is 10.0 Å². The highest BCUT2D eigenvalue weighted by molar-refractivity contribution is 7.94. The number of rotatable bonds is 4. The molecular weight excluding hydrogens is 435 g/mol. The maximum absolute atomic E-state index is 12.7. The Morgan fingerprint density at radius 3 is 2.26 bits per heavy atom. The Hall–Kier alpha value is -1.81. The first-order valence-corrected chi connectivity index (χ1v) is 11.5. The normalized spacial score (nSPS) is 16.6. The highest BCUT2D eigenvalue weighted by Gasteiger charge is 2.36. The van der Waals surface area contributed by atoms with Crippen molar-refractivity contribution in [3.05, 3.63) is 52.0 Å². The van der Waals surface area contributed by atoms with Crippen molar-refractivity contribution >= 4 is 60.5 Å². The predicted octanol–water partition coefficient (Wildman–Crippen LogP) is 3.17. The molecule has 1 N–H and O–H groups in total. The molecule has 2 aromatic rings. The van der Waals surface area contributed by atoms with E-state index in [1.165, 1.54) is 37.3 Å². The quantitative estimate of drug-likeness (QED) is 0.773. The van der Waals surface area contributed by atoms with E-state index in [0.717, 1.165) is 0 Å². The average molecular weight is 449 g/mol. The zero-order chi connectivity index (χ0) is 20.0. The fraction of sp³-hybridized carbons (Fsp3) is 0.188. The molecule has 0 aliphatic carbocycles. The molecule has 1 saturated heterocycles. The lowest BCUT2D eigenvalue weighted by Gasteiger charge is -2.17. The molecule has 0 unspecified atom stereocenters. The van der Waals surface area contributed by atoms with Crippen LogP contribution in [0.5, 0.6) is 0 Å². The molecule has 27 heavy (non-hydrogen) atoms. The molecule has 2 aromatic carbocycles. The van der Waals surface area contributed by atoms with Gasteiger partial charge in [-0.1, -0.05) is 29.3 Å². The van der Waals surface area contributed by atoms with Gasteiger partial charge >= 0.3 is 0 Å². The first-order valence-electron chi connectivity index (χ1n) is 7.66. The second-order valence-corrected chi connectivity index (χ2v) is 10.3. The number of carbonyl (C=O) groups excluding carboxylic acids is 1. The van der Waals surface area contributed by atoms with Gasteiger partial charge in [0.2, 0.25) is 15.9 Å². The van der Waals surface area contributed by atoms with Gasteiger partial charge in [0.15, 0.2) is 0 Å². The highest BCUT2D eigenvalue weighted by atomic mass is 35.5. The third-order valence-corrected chi connectivity index (χ3v) is 7.79. The van der Waals surface area contributed by atoms with E-state index in [2.05, 4.69) is 4.72 Å². The molecule has 0 aromatic heterocycles. The van der Waals surface area contributed by atoms with Gasteiger partial charge < -0.3 is 0 Å². The molecule has 1 aliphatic rings. The fourth-order valence-electron chi connectivity index (χ4n) is 2.71. The lowest BCUT2D eigenvalue weighted by Crippen LogP contribution is -2.29. The third-order valence-electron chi connectivity index (χ3n) is 3.96. The zero-order valence-electron chi connectivity index (χ0n) is 13.9. The van der Waals surface area contributed by atoms with Gasteiger partial charge in [-0.3, -0.25) is 9.52 Å². The maximum atomic E-state index is 12.7. The first kappa shape index (κ1) is 19.9. The number of hydrogen-bond donors (Lipinski definition) is 1. The average Bonchev–Trinajstić information content (AvgIpc) is 2.84. The van der Waals surface area contributed by atoms with E-state index < -0.39 is 26.0 Å². The third kappa shape index (κ3) is 3.77. The Morgan fingerprint density at radius 2 is 1.74 bits per heavy atom. The monoisotopic (exact) mass is 448 g/mol. The number of halogens is 2. The summed E-state index contributed by atoms with van der Waals surface area (Å²) in [6.07, 6.45) is -0.103. The van der Waals surface area contributed by atoms with Gasteiger partial charge in [-0.05, 0) is 42.8 Å². The van der Waals surface area contributed by atoms with Crippen molar-refractivity contribution < 1.29 is 21.6 Å². The van der Waals surface area contributed by atoms with Crippen molar-refractivity contribution in [1.82, 2.24) is 0 Å². The van der Waals surface area contributed by atoms with Crippen molar-refractivity contribution in [2.75, 3.05) is 14.8 Å².